The van der Waals surface area contributed by atoms with Gasteiger partial charge in [-0.2, -0.15) is 0 Å². The van der Waals surface area contributed by atoms with E-state index in [4.69, 9.17) is 4.42 Å². The van der Waals surface area contributed by atoms with Gasteiger partial charge in [0.05, 0.1) is 6.26 Å². The second kappa shape index (κ2) is 4.95. The zero-order chi connectivity index (χ0) is 15.2. The van der Waals surface area contributed by atoms with Gasteiger partial charge >= 0.3 is 0 Å². The zero-order valence-electron chi connectivity index (χ0n) is 12.2. The van der Waals surface area contributed by atoms with Crippen molar-refractivity contribution in [1.29, 1.82) is 0 Å². The van der Waals surface area contributed by atoms with Gasteiger partial charge in [0.15, 0.2) is 0 Å². The fourth-order valence-corrected chi connectivity index (χ4v) is 3.92. The number of amides is 1. The molecule has 2 bridgehead atoms. The normalized spacial score (nSPS) is 30.5. The topological polar surface area (TPSA) is 66.6 Å². The summed E-state index contributed by atoms with van der Waals surface area (Å²) in [6.07, 6.45) is 6.11. The Balaban J connectivity index is 1.60. The summed E-state index contributed by atoms with van der Waals surface area (Å²) in [6.45, 7) is 0. The summed E-state index contributed by atoms with van der Waals surface area (Å²) >= 11 is 0. The predicted octanol–water partition coefficient (Wildman–Crippen LogP) is 2.33. The number of furan rings is 1. The number of carbonyl (C=O) groups excluding carboxylic acids is 1. The Morgan fingerprint density at radius 1 is 1.23 bits per heavy atom. The molecular formula is C17H18N2O3. The summed E-state index contributed by atoms with van der Waals surface area (Å²) in [6, 6.07) is 9.07. The fourth-order valence-electron chi connectivity index (χ4n) is 3.92. The van der Waals surface area contributed by atoms with E-state index in [1.54, 1.807) is 30.7 Å². The van der Waals surface area contributed by atoms with Crippen molar-refractivity contribution in [2.45, 2.75) is 43.4 Å². The van der Waals surface area contributed by atoms with E-state index in [0.29, 0.717) is 24.3 Å². The number of aromatic nitrogens is 1. The Labute approximate surface area is 128 Å². The number of carbonyl (C=O) groups is 1. The van der Waals surface area contributed by atoms with E-state index < -0.39 is 5.60 Å². The molecule has 0 radical (unpaired) electrons. The molecule has 2 aromatic heterocycles. The van der Waals surface area contributed by atoms with Crippen LogP contribution in [0.4, 0.5) is 0 Å². The Morgan fingerprint density at radius 3 is 2.59 bits per heavy atom. The minimum atomic E-state index is -0.962. The number of nitrogens with zero attached hydrogens (tertiary/aromatic N) is 2. The van der Waals surface area contributed by atoms with Gasteiger partial charge in [-0.05, 0) is 37.1 Å². The number of piperidine rings is 1. The maximum Gasteiger partial charge on any atom is 0.272 e. The Kier molecular flexibility index (Phi) is 3.04. The smallest absolute Gasteiger partial charge is 0.272 e. The third kappa shape index (κ3) is 2.04. The van der Waals surface area contributed by atoms with Gasteiger partial charge in [0.2, 0.25) is 0 Å². The van der Waals surface area contributed by atoms with Crippen molar-refractivity contribution >= 4 is 5.91 Å². The standard InChI is InChI=1S/C17H18N2O3/c20-16(14-4-1-2-8-18-14)19-12-6-7-13(19)11-17(21,10-12)15-5-3-9-22-15/h1-5,8-9,12-13,21H,6-7,10-11H2/t12-,13-/m0/s1. The molecule has 2 saturated heterocycles. The summed E-state index contributed by atoms with van der Waals surface area (Å²) in [5.41, 5.74) is -0.487. The first kappa shape index (κ1) is 13.5. The van der Waals surface area contributed by atoms with E-state index in [-0.39, 0.29) is 18.0 Å². The first-order chi connectivity index (χ1) is 10.7. The predicted molar refractivity (Wildman–Crippen MR) is 79.1 cm³/mol. The first-order valence-corrected chi connectivity index (χ1v) is 7.67. The van der Waals surface area contributed by atoms with E-state index in [9.17, 15) is 9.90 Å². The molecule has 0 saturated carbocycles. The lowest BCUT2D eigenvalue weighted by molar-refractivity contribution is -0.0616. The van der Waals surface area contributed by atoms with Crippen molar-refractivity contribution < 1.29 is 14.3 Å². The molecule has 2 aliphatic rings. The van der Waals surface area contributed by atoms with Crippen molar-refractivity contribution in [3.05, 3.63) is 54.2 Å². The van der Waals surface area contributed by atoms with Crippen molar-refractivity contribution in [3.63, 3.8) is 0 Å². The van der Waals surface area contributed by atoms with Gasteiger partial charge < -0.3 is 14.4 Å². The van der Waals surface area contributed by atoms with Gasteiger partial charge in [-0.3, -0.25) is 9.78 Å². The van der Waals surface area contributed by atoms with Crippen LogP contribution in [0.1, 0.15) is 41.9 Å². The van der Waals surface area contributed by atoms with Crippen LogP contribution in [0.3, 0.4) is 0 Å². The molecule has 1 amide bonds. The number of hydrogen-bond acceptors (Lipinski definition) is 4. The van der Waals surface area contributed by atoms with Crippen molar-refractivity contribution in [2.75, 3.05) is 0 Å². The summed E-state index contributed by atoms with van der Waals surface area (Å²) in [5, 5.41) is 10.9. The maximum absolute atomic E-state index is 12.7. The van der Waals surface area contributed by atoms with Crippen LogP contribution >= 0.6 is 0 Å². The second-order valence-electron chi connectivity index (χ2n) is 6.23. The number of rotatable bonds is 2. The first-order valence-electron chi connectivity index (χ1n) is 7.67. The SMILES string of the molecule is O=C(c1ccccn1)N1[C@H]2CC[C@H]1CC(O)(c1ccco1)C2. The van der Waals surface area contributed by atoms with Crippen LogP contribution < -0.4 is 0 Å². The molecule has 114 valence electrons. The van der Waals surface area contributed by atoms with E-state index >= 15 is 0 Å². The van der Waals surface area contributed by atoms with Crippen molar-refractivity contribution in [1.82, 2.24) is 9.88 Å². The molecule has 5 nitrogen and oxygen atoms in total. The highest BCUT2D eigenvalue weighted by atomic mass is 16.4. The quantitative estimate of drug-likeness (QED) is 0.924. The van der Waals surface area contributed by atoms with Gasteiger partial charge in [0.1, 0.15) is 17.1 Å². The van der Waals surface area contributed by atoms with Gasteiger partial charge in [-0.1, -0.05) is 6.07 Å². The molecule has 5 heteroatoms. The van der Waals surface area contributed by atoms with Crippen LogP contribution in [0.2, 0.25) is 0 Å². The minimum Gasteiger partial charge on any atom is -0.466 e. The molecule has 1 N–H and O–H groups in total. The highest BCUT2D eigenvalue weighted by Gasteiger charge is 2.51. The Morgan fingerprint density at radius 2 is 2.00 bits per heavy atom. The molecule has 2 atom stereocenters. The van der Waals surface area contributed by atoms with Gasteiger partial charge in [-0.25, -0.2) is 0 Å². The Hall–Kier alpha value is -2.14. The minimum absolute atomic E-state index is 0.0328. The lowest BCUT2D eigenvalue weighted by atomic mass is 9.84. The van der Waals surface area contributed by atoms with Crippen LogP contribution in [0, 0.1) is 0 Å². The van der Waals surface area contributed by atoms with Crippen LogP contribution in [-0.2, 0) is 5.60 Å². The zero-order valence-corrected chi connectivity index (χ0v) is 12.2. The highest BCUT2D eigenvalue weighted by molar-refractivity contribution is 5.93. The van der Waals surface area contributed by atoms with Crippen LogP contribution in [-0.4, -0.2) is 33.0 Å². The summed E-state index contributed by atoms with van der Waals surface area (Å²) < 4.78 is 5.41. The average molecular weight is 298 g/mol. The summed E-state index contributed by atoms with van der Waals surface area (Å²) in [7, 11) is 0. The monoisotopic (exact) mass is 298 g/mol. The molecule has 0 spiro atoms. The van der Waals surface area contributed by atoms with Gasteiger partial charge in [0, 0.05) is 31.1 Å². The maximum atomic E-state index is 12.7. The molecule has 4 rings (SSSR count). The van der Waals surface area contributed by atoms with E-state index in [1.165, 1.54) is 0 Å². The third-order valence-corrected chi connectivity index (χ3v) is 4.86. The fraction of sp³-hybridized carbons (Fsp3) is 0.412. The highest BCUT2D eigenvalue weighted by Crippen LogP contribution is 2.46. The van der Waals surface area contributed by atoms with E-state index in [1.807, 2.05) is 17.0 Å². The Bertz CT molecular complexity index is 654. The van der Waals surface area contributed by atoms with Gasteiger partial charge in [-0.15, -0.1) is 0 Å². The molecule has 2 aliphatic heterocycles. The van der Waals surface area contributed by atoms with Crippen LogP contribution in [0.5, 0.6) is 0 Å². The second-order valence-corrected chi connectivity index (χ2v) is 6.23. The molecule has 0 unspecified atom stereocenters. The average Bonchev–Trinajstić information content (AvgIpc) is 3.16. The van der Waals surface area contributed by atoms with E-state index in [2.05, 4.69) is 4.98 Å². The molecule has 2 aromatic rings. The van der Waals surface area contributed by atoms with Crippen molar-refractivity contribution in [3.8, 4) is 0 Å². The number of hydrogen-bond donors (Lipinski definition) is 1. The molecular weight excluding hydrogens is 280 g/mol. The van der Waals surface area contributed by atoms with Crippen LogP contribution in [0.15, 0.2) is 47.2 Å². The number of pyridine rings is 1. The molecule has 2 fully saturated rings. The van der Waals surface area contributed by atoms with E-state index in [0.717, 1.165) is 12.8 Å². The summed E-state index contributed by atoms with van der Waals surface area (Å²) in [4.78, 5) is 18.8. The molecule has 0 aromatic carbocycles. The number of aliphatic hydroxyl groups is 1. The molecule has 4 heterocycles. The van der Waals surface area contributed by atoms with Crippen molar-refractivity contribution in [2.24, 2.45) is 0 Å². The lowest BCUT2D eigenvalue weighted by Crippen LogP contribution is -2.52. The van der Waals surface area contributed by atoms with Crippen LogP contribution in [0.25, 0.3) is 0 Å². The van der Waals surface area contributed by atoms with Gasteiger partial charge in [0.25, 0.3) is 5.91 Å². The number of fused-ring (bicyclic) bond motifs is 2. The lowest BCUT2D eigenvalue weighted by Gasteiger charge is -2.42. The summed E-state index contributed by atoms with van der Waals surface area (Å²) in [5.74, 6) is 0.573. The largest absolute Gasteiger partial charge is 0.466 e. The molecule has 0 aliphatic carbocycles. The molecule has 22 heavy (non-hydrogen) atoms. The third-order valence-electron chi connectivity index (χ3n) is 4.86.